The number of nitrogens with zero attached hydrogens (tertiary/aromatic N) is 1. The quantitative estimate of drug-likeness (QED) is 0.774. The van der Waals surface area contributed by atoms with Crippen molar-refractivity contribution >= 4 is 32.6 Å². The van der Waals surface area contributed by atoms with E-state index in [2.05, 4.69) is 4.72 Å². The Morgan fingerprint density at radius 2 is 1.74 bits per heavy atom. The van der Waals surface area contributed by atoms with Crippen LogP contribution < -0.4 is 10.5 Å². The molecule has 1 heterocycles. The van der Waals surface area contributed by atoms with Gasteiger partial charge in [-0.05, 0) is 35.7 Å². The van der Waals surface area contributed by atoms with Gasteiger partial charge in [-0.15, -0.1) is 0 Å². The van der Waals surface area contributed by atoms with Crippen LogP contribution >= 0.6 is 0 Å². The summed E-state index contributed by atoms with van der Waals surface area (Å²) < 4.78 is 27.4. The van der Waals surface area contributed by atoms with Crippen molar-refractivity contribution in [1.82, 2.24) is 9.62 Å². The number of hydrogen-bond donors (Lipinski definition) is 2. The molecule has 0 bridgehead atoms. The molecule has 8 heteroatoms. The van der Waals surface area contributed by atoms with Crippen LogP contribution in [0, 0.1) is 5.92 Å². The van der Waals surface area contributed by atoms with Crippen LogP contribution in [0.1, 0.15) is 19.3 Å². The van der Waals surface area contributed by atoms with Crippen LogP contribution in [0.25, 0.3) is 10.8 Å². The molecule has 144 valence electrons. The molecule has 1 aliphatic heterocycles. The number of nitrogens with one attached hydrogen (secondary N) is 1. The number of likely N-dealkylation sites (tertiary alicyclic amines) is 1. The molecular formula is C19H23N3O4S. The van der Waals surface area contributed by atoms with E-state index in [-0.39, 0.29) is 35.6 Å². The van der Waals surface area contributed by atoms with Gasteiger partial charge < -0.3 is 10.6 Å². The van der Waals surface area contributed by atoms with Crippen molar-refractivity contribution < 1.29 is 18.0 Å². The zero-order valence-corrected chi connectivity index (χ0v) is 15.7. The first-order valence-corrected chi connectivity index (χ1v) is 10.4. The number of carbonyl (C=O) groups is 2. The summed E-state index contributed by atoms with van der Waals surface area (Å²) >= 11 is 0. The van der Waals surface area contributed by atoms with Crippen LogP contribution in [0.2, 0.25) is 0 Å². The Morgan fingerprint density at radius 3 is 2.41 bits per heavy atom. The Hall–Kier alpha value is -2.45. The molecule has 0 aliphatic carbocycles. The molecule has 0 atom stereocenters. The molecule has 7 nitrogen and oxygen atoms in total. The van der Waals surface area contributed by atoms with Crippen LogP contribution in [0.15, 0.2) is 47.4 Å². The summed E-state index contributed by atoms with van der Waals surface area (Å²) in [5.41, 5.74) is 5.29. The largest absolute Gasteiger partial charge is 0.369 e. The van der Waals surface area contributed by atoms with Gasteiger partial charge in [0.2, 0.25) is 21.8 Å². The molecule has 2 aromatic carbocycles. The van der Waals surface area contributed by atoms with Crippen LogP contribution in [0.3, 0.4) is 0 Å². The van der Waals surface area contributed by atoms with E-state index < -0.39 is 10.0 Å². The maximum Gasteiger partial charge on any atom is 0.240 e. The number of piperidine rings is 1. The number of amides is 2. The Labute approximate surface area is 158 Å². The predicted octanol–water partition coefficient (Wildman–Crippen LogP) is 1.23. The summed E-state index contributed by atoms with van der Waals surface area (Å²) in [7, 11) is -3.68. The molecule has 27 heavy (non-hydrogen) atoms. The number of nitrogens with two attached hydrogens (primary N) is 1. The van der Waals surface area contributed by atoms with Crippen molar-refractivity contribution in [3.63, 3.8) is 0 Å². The highest BCUT2D eigenvalue weighted by atomic mass is 32.2. The van der Waals surface area contributed by atoms with Crippen LogP contribution in [-0.4, -0.2) is 44.8 Å². The van der Waals surface area contributed by atoms with Crippen molar-refractivity contribution in [1.29, 1.82) is 0 Å². The molecule has 3 rings (SSSR count). The predicted molar refractivity (Wildman–Crippen MR) is 102 cm³/mol. The van der Waals surface area contributed by atoms with E-state index in [1.54, 1.807) is 23.1 Å². The van der Waals surface area contributed by atoms with Gasteiger partial charge in [0.15, 0.2) is 0 Å². The van der Waals surface area contributed by atoms with Crippen molar-refractivity contribution in [2.45, 2.75) is 24.2 Å². The van der Waals surface area contributed by atoms with Crippen molar-refractivity contribution in [3.05, 3.63) is 42.5 Å². The number of carbonyl (C=O) groups excluding carboxylic acids is 2. The topological polar surface area (TPSA) is 110 Å². The molecule has 3 N–H and O–H groups in total. The van der Waals surface area contributed by atoms with Gasteiger partial charge in [-0.25, -0.2) is 13.1 Å². The standard InChI is InChI=1S/C19H23N3O4S/c20-19(24)15-8-11-22(12-9-15)18(23)7-10-21-27(25,26)17-6-5-14-3-1-2-4-16(14)13-17/h1-6,13,15,21H,7-12H2,(H2,20,24). The van der Waals surface area contributed by atoms with Crippen molar-refractivity contribution in [3.8, 4) is 0 Å². The van der Waals surface area contributed by atoms with Gasteiger partial charge in [-0.3, -0.25) is 9.59 Å². The molecule has 1 aliphatic rings. The lowest BCUT2D eigenvalue weighted by atomic mass is 9.96. The van der Waals surface area contributed by atoms with Crippen LogP contribution in [0.4, 0.5) is 0 Å². The molecule has 0 aromatic heterocycles. The molecule has 1 fully saturated rings. The summed E-state index contributed by atoms with van der Waals surface area (Å²) in [5, 5.41) is 1.81. The van der Waals surface area contributed by atoms with Gasteiger partial charge >= 0.3 is 0 Å². The molecule has 0 radical (unpaired) electrons. The summed E-state index contributed by atoms with van der Waals surface area (Å²) in [4.78, 5) is 25.3. The lowest BCUT2D eigenvalue weighted by molar-refractivity contribution is -0.134. The van der Waals surface area contributed by atoms with E-state index in [0.717, 1.165) is 10.8 Å². The number of fused-ring (bicyclic) bond motifs is 1. The van der Waals surface area contributed by atoms with E-state index in [4.69, 9.17) is 5.73 Å². The third kappa shape index (κ3) is 4.64. The first kappa shape index (κ1) is 19.3. The zero-order chi connectivity index (χ0) is 19.4. The summed E-state index contributed by atoms with van der Waals surface area (Å²) in [6, 6.07) is 12.5. The zero-order valence-electron chi connectivity index (χ0n) is 14.9. The maximum atomic E-state index is 12.5. The Bertz CT molecular complexity index is 950. The normalized spacial score (nSPS) is 15.8. The van der Waals surface area contributed by atoms with Gasteiger partial charge in [0.1, 0.15) is 0 Å². The van der Waals surface area contributed by atoms with Crippen molar-refractivity contribution in [2.75, 3.05) is 19.6 Å². The van der Waals surface area contributed by atoms with Crippen LogP contribution in [-0.2, 0) is 19.6 Å². The van der Waals surface area contributed by atoms with Gasteiger partial charge in [-0.2, -0.15) is 0 Å². The van der Waals surface area contributed by atoms with Gasteiger partial charge in [0, 0.05) is 32.0 Å². The van der Waals surface area contributed by atoms with Gasteiger partial charge in [-0.1, -0.05) is 30.3 Å². The number of benzene rings is 2. The number of sulfonamides is 1. The smallest absolute Gasteiger partial charge is 0.240 e. The molecule has 2 amide bonds. The Balaban J connectivity index is 1.54. The Kier molecular flexibility index (Phi) is 5.76. The molecule has 0 saturated carbocycles. The minimum Gasteiger partial charge on any atom is -0.369 e. The van der Waals surface area contributed by atoms with E-state index in [0.29, 0.717) is 25.9 Å². The first-order valence-electron chi connectivity index (χ1n) is 8.92. The minimum absolute atomic E-state index is 0.0315. The lowest BCUT2D eigenvalue weighted by Crippen LogP contribution is -2.42. The first-order chi connectivity index (χ1) is 12.9. The molecule has 0 spiro atoms. The highest BCUT2D eigenvalue weighted by Crippen LogP contribution is 2.19. The van der Waals surface area contributed by atoms with Gasteiger partial charge in [0.05, 0.1) is 4.90 Å². The fourth-order valence-electron chi connectivity index (χ4n) is 3.28. The SMILES string of the molecule is NC(=O)C1CCN(C(=O)CCNS(=O)(=O)c2ccc3ccccc3c2)CC1. The molecule has 1 saturated heterocycles. The average molecular weight is 389 g/mol. The van der Waals surface area contributed by atoms with E-state index in [9.17, 15) is 18.0 Å². The molecule has 0 unspecified atom stereocenters. The van der Waals surface area contributed by atoms with E-state index in [1.165, 1.54) is 0 Å². The second-order valence-electron chi connectivity index (χ2n) is 6.71. The minimum atomic E-state index is -3.68. The summed E-state index contributed by atoms with van der Waals surface area (Å²) in [5.74, 6) is -0.634. The Morgan fingerprint density at radius 1 is 1.07 bits per heavy atom. The number of hydrogen-bond acceptors (Lipinski definition) is 4. The summed E-state index contributed by atoms with van der Waals surface area (Å²) in [6.07, 6.45) is 1.20. The van der Waals surface area contributed by atoms with Gasteiger partial charge in [0.25, 0.3) is 0 Å². The summed E-state index contributed by atoms with van der Waals surface area (Å²) in [6.45, 7) is 0.984. The highest BCUT2D eigenvalue weighted by Gasteiger charge is 2.25. The molecular weight excluding hydrogens is 366 g/mol. The second kappa shape index (κ2) is 8.06. The third-order valence-corrected chi connectivity index (χ3v) is 6.37. The highest BCUT2D eigenvalue weighted by molar-refractivity contribution is 7.89. The average Bonchev–Trinajstić information content (AvgIpc) is 2.67. The monoisotopic (exact) mass is 389 g/mol. The number of rotatable bonds is 6. The van der Waals surface area contributed by atoms with Crippen LogP contribution in [0.5, 0.6) is 0 Å². The maximum absolute atomic E-state index is 12.5. The van der Waals surface area contributed by atoms with E-state index >= 15 is 0 Å². The van der Waals surface area contributed by atoms with Crippen molar-refractivity contribution in [2.24, 2.45) is 11.7 Å². The molecule has 2 aromatic rings. The number of primary amides is 1. The second-order valence-corrected chi connectivity index (χ2v) is 8.48. The lowest BCUT2D eigenvalue weighted by Gasteiger charge is -2.30. The van der Waals surface area contributed by atoms with E-state index in [1.807, 2.05) is 24.3 Å². The fraction of sp³-hybridized carbons (Fsp3) is 0.368. The third-order valence-electron chi connectivity index (χ3n) is 4.91. The fourth-order valence-corrected chi connectivity index (χ4v) is 4.35.